The molecule has 2 N–H and O–H groups in total. The van der Waals surface area contributed by atoms with Gasteiger partial charge in [-0.1, -0.05) is 11.6 Å². The Bertz CT molecular complexity index is 414. The lowest BCUT2D eigenvalue weighted by Crippen LogP contribution is -2.25. The quantitative estimate of drug-likeness (QED) is 0.805. The molecule has 1 heterocycles. The van der Waals surface area contributed by atoms with E-state index in [1.165, 1.54) is 11.3 Å². The van der Waals surface area contributed by atoms with Crippen molar-refractivity contribution in [2.75, 3.05) is 6.54 Å². The van der Waals surface area contributed by atoms with Crippen LogP contribution in [0.25, 0.3) is 0 Å². The predicted octanol–water partition coefficient (Wildman–Crippen LogP) is 2.02. The van der Waals surface area contributed by atoms with Crippen LogP contribution in [-0.2, 0) is 16.0 Å². The third-order valence-electron chi connectivity index (χ3n) is 2.24. The van der Waals surface area contributed by atoms with Gasteiger partial charge in [0, 0.05) is 25.8 Å². The van der Waals surface area contributed by atoms with Crippen LogP contribution < -0.4 is 5.32 Å². The largest absolute Gasteiger partial charge is 0.481 e. The smallest absolute Gasteiger partial charge is 0.303 e. The number of nitrogens with one attached hydrogen (secondary N) is 1. The number of aliphatic carboxylic acids is 1. The van der Waals surface area contributed by atoms with Crippen LogP contribution in [0.4, 0.5) is 0 Å². The average molecular weight is 291 g/mol. The maximum atomic E-state index is 11.3. The van der Waals surface area contributed by atoms with Crippen molar-refractivity contribution in [1.29, 1.82) is 0 Å². The van der Waals surface area contributed by atoms with Crippen molar-refractivity contribution >= 4 is 34.8 Å². The second kappa shape index (κ2) is 7.33. The molecule has 0 saturated heterocycles. The number of carboxylic acid groups (broad SMARTS) is 1. The Morgan fingerprint density at radius 1 is 1.44 bits per heavy atom. The second-order valence-electron chi connectivity index (χ2n) is 3.81. The molecule has 5 nitrogen and oxygen atoms in total. The zero-order chi connectivity index (χ0) is 13.5. The monoisotopic (exact) mass is 290 g/mol. The molecule has 18 heavy (non-hydrogen) atoms. The summed E-state index contributed by atoms with van der Waals surface area (Å²) in [5, 5.41) is 12.0. The van der Waals surface area contributed by atoms with E-state index in [0.717, 1.165) is 10.7 Å². The molecule has 100 valence electrons. The van der Waals surface area contributed by atoms with Crippen LogP contribution >= 0.6 is 22.9 Å². The number of thiazole rings is 1. The number of halogens is 1. The molecule has 0 aliphatic rings. The van der Waals surface area contributed by atoms with Crippen LogP contribution in [0.3, 0.4) is 0 Å². The fraction of sp³-hybridized carbons (Fsp3) is 0.545. The molecular weight excluding hydrogens is 276 g/mol. The zero-order valence-corrected chi connectivity index (χ0v) is 11.6. The van der Waals surface area contributed by atoms with E-state index in [1.807, 2.05) is 6.92 Å². The van der Waals surface area contributed by atoms with E-state index >= 15 is 0 Å². The molecule has 0 unspecified atom stereocenters. The van der Waals surface area contributed by atoms with Crippen LogP contribution in [0.5, 0.6) is 0 Å². The van der Waals surface area contributed by atoms with Crippen molar-refractivity contribution in [1.82, 2.24) is 10.3 Å². The molecule has 0 radical (unpaired) electrons. The Morgan fingerprint density at radius 3 is 2.72 bits per heavy atom. The number of hydrogen-bond donors (Lipinski definition) is 2. The predicted molar refractivity (Wildman–Crippen MR) is 70.1 cm³/mol. The van der Waals surface area contributed by atoms with E-state index in [2.05, 4.69) is 10.3 Å². The van der Waals surface area contributed by atoms with E-state index in [-0.39, 0.29) is 18.7 Å². The number of carbonyl (C=O) groups excluding carboxylic acids is 1. The molecule has 0 aliphatic carbocycles. The lowest BCUT2D eigenvalue weighted by molar-refractivity contribution is -0.137. The highest BCUT2D eigenvalue weighted by Gasteiger charge is 2.06. The number of aryl methyl sites for hydroxylation is 1. The Balaban J connectivity index is 2.17. The van der Waals surface area contributed by atoms with E-state index in [9.17, 15) is 9.59 Å². The first-order valence-electron chi connectivity index (χ1n) is 5.59. The van der Waals surface area contributed by atoms with Crippen molar-refractivity contribution in [3.63, 3.8) is 0 Å². The molecule has 1 amide bonds. The summed E-state index contributed by atoms with van der Waals surface area (Å²) in [5.74, 6) is -1.01. The normalized spacial score (nSPS) is 10.3. The Labute approximate surface area is 114 Å². The van der Waals surface area contributed by atoms with E-state index in [4.69, 9.17) is 16.7 Å². The first-order valence-corrected chi connectivity index (χ1v) is 6.78. The Morgan fingerprint density at radius 2 is 2.17 bits per heavy atom. The fourth-order valence-electron chi connectivity index (χ4n) is 1.34. The van der Waals surface area contributed by atoms with Gasteiger partial charge in [0.1, 0.15) is 4.34 Å². The number of rotatable bonds is 7. The van der Waals surface area contributed by atoms with Gasteiger partial charge >= 0.3 is 5.97 Å². The third kappa shape index (κ3) is 5.46. The summed E-state index contributed by atoms with van der Waals surface area (Å²) in [7, 11) is 0. The van der Waals surface area contributed by atoms with Crippen LogP contribution in [-0.4, -0.2) is 28.5 Å². The van der Waals surface area contributed by atoms with Gasteiger partial charge < -0.3 is 10.4 Å². The van der Waals surface area contributed by atoms with Gasteiger partial charge in [-0.3, -0.25) is 9.59 Å². The fourth-order valence-corrected chi connectivity index (χ4v) is 2.43. The molecule has 0 aliphatic heterocycles. The third-order valence-corrected chi connectivity index (χ3v) is 3.75. The van der Waals surface area contributed by atoms with Crippen LogP contribution in [0.15, 0.2) is 0 Å². The van der Waals surface area contributed by atoms with Gasteiger partial charge in [0.05, 0.1) is 10.7 Å². The highest BCUT2D eigenvalue weighted by atomic mass is 35.5. The molecule has 0 fully saturated rings. The van der Waals surface area contributed by atoms with Crippen molar-refractivity contribution in [3.05, 3.63) is 15.0 Å². The van der Waals surface area contributed by atoms with Gasteiger partial charge in [-0.15, -0.1) is 11.3 Å². The minimum absolute atomic E-state index is 0.0225. The van der Waals surface area contributed by atoms with Crippen molar-refractivity contribution in [2.24, 2.45) is 0 Å². The van der Waals surface area contributed by atoms with Crippen LogP contribution in [0, 0.1) is 6.92 Å². The molecule has 1 aromatic heterocycles. The van der Waals surface area contributed by atoms with Gasteiger partial charge in [0.2, 0.25) is 5.91 Å². The minimum Gasteiger partial charge on any atom is -0.481 e. The second-order valence-corrected chi connectivity index (χ2v) is 5.50. The number of carboxylic acids is 1. The first kappa shape index (κ1) is 14.9. The number of nitrogens with zero attached hydrogens (tertiary/aromatic N) is 1. The van der Waals surface area contributed by atoms with Crippen LogP contribution in [0.1, 0.15) is 30.0 Å². The lowest BCUT2D eigenvalue weighted by atomic mass is 10.2. The highest BCUT2D eigenvalue weighted by molar-refractivity contribution is 7.16. The zero-order valence-electron chi connectivity index (χ0n) is 10.0. The minimum atomic E-state index is -0.879. The van der Waals surface area contributed by atoms with Gasteiger partial charge in [-0.2, -0.15) is 0 Å². The Kier molecular flexibility index (Phi) is 6.07. The lowest BCUT2D eigenvalue weighted by Gasteiger charge is -2.02. The summed E-state index contributed by atoms with van der Waals surface area (Å²) in [6.45, 7) is 2.34. The molecular formula is C11H15ClN2O3S. The van der Waals surface area contributed by atoms with E-state index in [1.54, 1.807) is 0 Å². The molecule has 1 rings (SSSR count). The number of amides is 1. The topological polar surface area (TPSA) is 79.3 Å². The Hall–Kier alpha value is -1.14. The summed E-state index contributed by atoms with van der Waals surface area (Å²) in [5.41, 5.74) is 0.810. The molecule has 7 heteroatoms. The molecule has 0 saturated carbocycles. The first-order chi connectivity index (χ1) is 8.49. The summed E-state index contributed by atoms with van der Waals surface area (Å²) in [4.78, 5) is 25.9. The summed E-state index contributed by atoms with van der Waals surface area (Å²) < 4.78 is 0.679. The van der Waals surface area contributed by atoms with E-state index in [0.29, 0.717) is 23.7 Å². The van der Waals surface area contributed by atoms with Gasteiger partial charge in [0.15, 0.2) is 0 Å². The maximum Gasteiger partial charge on any atom is 0.303 e. The van der Waals surface area contributed by atoms with Crippen molar-refractivity contribution < 1.29 is 14.7 Å². The van der Waals surface area contributed by atoms with E-state index < -0.39 is 5.97 Å². The SMILES string of the molecule is Cc1nc(CCNC(=O)CCCC(=O)O)sc1Cl. The molecule has 0 spiro atoms. The molecule has 1 aromatic rings. The van der Waals surface area contributed by atoms with Crippen molar-refractivity contribution in [3.8, 4) is 0 Å². The molecule has 0 atom stereocenters. The summed E-state index contributed by atoms with van der Waals surface area (Å²) in [6, 6.07) is 0. The van der Waals surface area contributed by atoms with Gasteiger partial charge in [0.25, 0.3) is 0 Å². The molecule has 0 aromatic carbocycles. The number of carbonyl (C=O) groups is 2. The number of aromatic nitrogens is 1. The number of hydrogen-bond acceptors (Lipinski definition) is 4. The molecule has 0 bridgehead atoms. The van der Waals surface area contributed by atoms with Crippen LogP contribution in [0.2, 0.25) is 4.34 Å². The summed E-state index contributed by atoms with van der Waals surface area (Å²) in [6.07, 6.45) is 1.27. The standard InChI is InChI=1S/C11H15ClN2O3S/c1-7-11(12)18-9(14-7)5-6-13-8(15)3-2-4-10(16)17/h2-6H2,1H3,(H,13,15)(H,16,17). The van der Waals surface area contributed by atoms with Crippen molar-refractivity contribution in [2.45, 2.75) is 32.6 Å². The highest BCUT2D eigenvalue weighted by Crippen LogP contribution is 2.23. The average Bonchev–Trinajstić information content (AvgIpc) is 2.57. The maximum absolute atomic E-state index is 11.3. The van der Waals surface area contributed by atoms with Gasteiger partial charge in [-0.25, -0.2) is 4.98 Å². The van der Waals surface area contributed by atoms with Gasteiger partial charge in [-0.05, 0) is 13.3 Å². The summed E-state index contributed by atoms with van der Waals surface area (Å²) >= 11 is 7.30.